The Hall–Kier alpha value is -3.61. The number of ether oxygens (including phenoxy) is 1. The summed E-state index contributed by atoms with van der Waals surface area (Å²) in [5.41, 5.74) is 0.496. The second kappa shape index (κ2) is 10.6. The van der Waals surface area contributed by atoms with E-state index in [0.29, 0.717) is 29.3 Å². The van der Waals surface area contributed by atoms with Crippen LogP contribution in [-0.2, 0) is 10.0 Å². The van der Waals surface area contributed by atoms with E-state index >= 15 is 0 Å². The normalized spacial score (nSPS) is 16.1. The van der Waals surface area contributed by atoms with Crippen LogP contribution >= 0.6 is 0 Å². The molecule has 2 heterocycles. The summed E-state index contributed by atoms with van der Waals surface area (Å²) in [5, 5.41) is 23.5. The third kappa shape index (κ3) is 5.06. The summed E-state index contributed by atoms with van der Waals surface area (Å²) in [6.45, 7) is 3.72. The molecule has 2 aromatic heterocycles. The van der Waals surface area contributed by atoms with Gasteiger partial charge in [-0.1, -0.05) is 43.2 Å². The van der Waals surface area contributed by atoms with E-state index in [4.69, 9.17) is 4.74 Å². The highest BCUT2D eigenvalue weighted by atomic mass is 32.2. The molecule has 5 rings (SSSR count). The number of fused-ring (bicyclic) bond motifs is 1. The zero-order chi connectivity index (χ0) is 26.9. The van der Waals surface area contributed by atoms with Crippen molar-refractivity contribution >= 4 is 15.7 Å². The molecule has 0 radical (unpaired) electrons. The van der Waals surface area contributed by atoms with Gasteiger partial charge in [0.2, 0.25) is 15.7 Å². The number of aliphatic hydroxyl groups excluding tert-OH is 1. The maximum Gasteiger partial charge on any atom is 0.296 e. The molecule has 0 spiro atoms. The first-order chi connectivity index (χ1) is 18.3. The fraction of sp³-hybridized carbons (Fsp3) is 0.385. The van der Waals surface area contributed by atoms with Gasteiger partial charge < -0.3 is 14.8 Å². The van der Waals surface area contributed by atoms with E-state index in [1.165, 1.54) is 22.7 Å². The fourth-order valence-electron chi connectivity index (χ4n) is 4.84. The topological polar surface area (TPSA) is 152 Å². The maximum atomic E-state index is 13.3. The minimum absolute atomic E-state index is 0.0643. The SMILES string of the molecule is CCOc1ccc(S(=O)(=O)NC(C)[C@H](O)c2ccccc2)cc1-c1nn2c(C3CCCC3)nnc2c(=O)[nH]1. The van der Waals surface area contributed by atoms with Gasteiger partial charge in [0.25, 0.3) is 5.56 Å². The third-order valence-electron chi connectivity index (χ3n) is 6.79. The lowest BCUT2D eigenvalue weighted by molar-refractivity contribution is 0.146. The van der Waals surface area contributed by atoms with Crippen LogP contribution in [0, 0.1) is 0 Å². The first-order valence-corrected chi connectivity index (χ1v) is 14.1. The smallest absolute Gasteiger partial charge is 0.296 e. The molecule has 0 saturated heterocycles. The third-order valence-corrected chi connectivity index (χ3v) is 8.35. The lowest BCUT2D eigenvalue weighted by atomic mass is 10.0. The molecule has 38 heavy (non-hydrogen) atoms. The van der Waals surface area contributed by atoms with E-state index < -0.39 is 27.7 Å². The number of hydrogen-bond donors (Lipinski definition) is 3. The molecule has 200 valence electrons. The van der Waals surface area contributed by atoms with E-state index in [1.807, 2.05) is 6.07 Å². The van der Waals surface area contributed by atoms with Gasteiger partial charge in [-0.15, -0.1) is 15.3 Å². The zero-order valence-corrected chi connectivity index (χ0v) is 22.0. The van der Waals surface area contributed by atoms with E-state index in [0.717, 1.165) is 25.7 Å². The number of H-pyrrole nitrogens is 1. The highest BCUT2D eigenvalue weighted by Gasteiger charge is 2.27. The van der Waals surface area contributed by atoms with Gasteiger partial charge in [-0.3, -0.25) is 4.79 Å². The minimum Gasteiger partial charge on any atom is -0.493 e. The average Bonchev–Trinajstić information content (AvgIpc) is 3.59. The van der Waals surface area contributed by atoms with Crippen LogP contribution in [0.15, 0.2) is 58.2 Å². The number of benzene rings is 2. The molecule has 1 unspecified atom stereocenters. The zero-order valence-electron chi connectivity index (χ0n) is 21.2. The average molecular weight is 539 g/mol. The monoisotopic (exact) mass is 538 g/mol. The quantitative estimate of drug-likeness (QED) is 0.294. The fourth-order valence-corrected chi connectivity index (χ4v) is 6.11. The predicted molar refractivity (Wildman–Crippen MR) is 140 cm³/mol. The summed E-state index contributed by atoms with van der Waals surface area (Å²) in [4.78, 5) is 15.5. The lowest BCUT2D eigenvalue weighted by Gasteiger charge is -2.21. The van der Waals surface area contributed by atoms with Crippen LogP contribution in [-0.4, -0.2) is 51.0 Å². The van der Waals surface area contributed by atoms with Crippen LogP contribution in [0.4, 0.5) is 0 Å². The van der Waals surface area contributed by atoms with Gasteiger partial charge in [-0.05, 0) is 50.5 Å². The van der Waals surface area contributed by atoms with Crippen molar-refractivity contribution in [1.82, 2.24) is 29.5 Å². The molecule has 4 aromatic rings. The number of nitrogens with one attached hydrogen (secondary N) is 2. The van der Waals surface area contributed by atoms with Crippen molar-refractivity contribution in [2.45, 2.75) is 62.5 Å². The number of aromatic nitrogens is 5. The molecular weight excluding hydrogens is 508 g/mol. The Balaban J connectivity index is 1.53. The Labute approximate surface area is 220 Å². The Morgan fingerprint density at radius 2 is 1.89 bits per heavy atom. The van der Waals surface area contributed by atoms with Gasteiger partial charge in [0.1, 0.15) is 5.75 Å². The number of hydrogen-bond acceptors (Lipinski definition) is 8. The number of rotatable bonds is 9. The summed E-state index contributed by atoms with van der Waals surface area (Å²) in [6.07, 6.45) is 3.00. The summed E-state index contributed by atoms with van der Waals surface area (Å²) >= 11 is 0. The molecule has 1 fully saturated rings. The Bertz CT molecular complexity index is 1600. The van der Waals surface area contributed by atoms with Crippen molar-refractivity contribution in [2.24, 2.45) is 0 Å². The molecule has 2 aromatic carbocycles. The van der Waals surface area contributed by atoms with Gasteiger partial charge in [-0.2, -0.15) is 4.52 Å². The van der Waals surface area contributed by atoms with Crippen molar-refractivity contribution < 1.29 is 18.3 Å². The molecule has 0 aliphatic heterocycles. The van der Waals surface area contributed by atoms with Crippen molar-refractivity contribution in [3.8, 4) is 17.1 Å². The first kappa shape index (κ1) is 26.0. The largest absolute Gasteiger partial charge is 0.493 e. The molecule has 1 saturated carbocycles. The maximum absolute atomic E-state index is 13.3. The van der Waals surface area contributed by atoms with E-state index in [9.17, 15) is 18.3 Å². The van der Waals surface area contributed by atoms with Gasteiger partial charge in [0, 0.05) is 12.0 Å². The summed E-state index contributed by atoms with van der Waals surface area (Å²) in [6, 6.07) is 12.4. The van der Waals surface area contributed by atoms with E-state index in [1.54, 1.807) is 38.1 Å². The Kier molecular flexibility index (Phi) is 7.28. The van der Waals surface area contributed by atoms with E-state index in [2.05, 4.69) is 25.0 Å². The van der Waals surface area contributed by atoms with Crippen LogP contribution in [0.25, 0.3) is 17.0 Å². The second-order valence-corrected chi connectivity index (χ2v) is 11.1. The number of aromatic amines is 1. The molecule has 0 bridgehead atoms. The molecule has 2 atom stereocenters. The molecule has 12 heteroatoms. The summed E-state index contributed by atoms with van der Waals surface area (Å²) in [5.74, 6) is 1.28. The number of sulfonamides is 1. The van der Waals surface area contributed by atoms with Crippen molar-refractivity contribution in [2.75, 3.05) is 6.61 Å². The van der Waals surface area contributed by atoms with Crippen molar-refractivity contribution in [3.63, 3.8) is 0 Å². The van der Waals surface area contributed by atoms with Gasteiger partial charge in [-0.25, -0.2) is 13.1 Å². The highest BCUT2D eigenvalue weighted by Crippen LogP contribution is 2.34. The van der Waals surface area contributed by atoms with Crippen LogP contribution < -0.4 is 15.0 Å². The number of aliphatic hydroxyl groups is 1. The standard InChI is InChI=1S/C26H30N6O5S/c1-3-37-21-14-13-19(38(35,36)31-16(2)22(33)17-9-5-4-6-10-17)15-20(21)23-27-26(34)25-29-28-24(32(25)30-23)18-11-7-8-12-18/h4-6,9-10,13-16,18,22,31,33H,3,7-8,11-12H2,1-2H3,(H,27,30,34)/t16?,22-/m0/s1. The first-order valence-electron chi connectivity index (χ1n) is 12.7. The summed E-state index contributed by atoms with van der Waals surface area (Å²) < 4.78 is 36.4. The summed E-state index contributed by atoms with van der Waals surface area (Å²) in [7, 11) is -4.05. The molecule has 1 aliphatic carbocycles. The van der Waals surface area contributed by atoms with Gasteiger partial charge in [0.15, 0.2) is 11.6 Å². The van der Waals surface area contributed by atoms with Crippen molar-refractivity contribution in [3.05, 3.63) is 70.3 Å². The van der Waals surface area contributed by atoms with Gasteiger partial charge in [0.05, 0.1) is 23.2 Å². The van der Waals surface area contributed by atoms with Crippen LogP contribution in [0.3, 0.4) is 0 Å². The van der Waals surface area contributed by atoms with Crippen LogP contribution in [0.1, 0.15) is 62.9 Å². The Morgan fingerprint density at radius 1 is 1.16 bits per heavy atom. The molecule has 11 nitrogen and oxygen atoms in total. The number of nitrogens with zero attached hydrogens (tertiary/aromatic N) is 4. The van der Waals surface area contributed by atoms with Gasteiger partial charge >= 0.3 is 0 Å². The lowest BCUT2D eigenvalue weighted by Crippen LogP contribution is -2.37. The second-order valence-electron chi connectivity index (χ2n) is 9.43. The van der Waals surface area contributed by atoms with Crippen molar-refractivity contribution in [1.29, 1.82) is 0 Å². The Morgan fingerprint density at radius 3 is 2.61 bits per heavy atom. The highest BCUT2D eigenvalue weighted by molar-refractivity contribution is 7.89. The molecule has 0 amide bonds. The van der Waals surface area contributed by atoms with E-state index in [-0.39, 0.29) is 22.3 Å². The van der Waals surface area contributed by atoms with Crippen LogP contribution in [0.2, 0.25) is 0 Å². The molecular formula is C26H30N6O5S. The predicted octanol–water partition coefficient (Wildman–Crippen LogP) is 2.94. The molecule has 1 aliphatic rings. The minimum atomic E-state index is -4.05. The van der Waals surface area contributed by atoms with Crippen LogP contribution in [0.5, 0.6) is 5.75 Å². The molecule has 3 N–H and O–H groups in total.